The Morgan fingerprint density at radius 2 is 1.91 bits per heavy atom. The van der Waals surface area contributed by atoms with Crippen LogP contribution in [0.1, 0.15) is 32.6 Å². The van der Waals surface area contributed by atoms with Crippen LogP contribution in [-0.2, 0) is 19.0 Å². The van der Waals surface area contributed by atoms with E-state index in [0.29, 0.717) is 25.1 Å². The molecule has 0 aromatic carbocycles. The first-order valence-electron chi connectivity index (χ1n) is 15.0. The molecular formula is C27H51N7O9. The lowest BCUT2D eigenvalue weighted by Crippen LogP contribution is -2.70. The topological polar surface area (TPSA) is 286 Å². The Labute approximate surface area is 251 Å². The number of carbonyl (C=O) groups excluding carboxylic acids is 1. The van der Waals surface area contributed by atoms with Crippen molar-refractivity contribution >= 4 is 5.91 Å². The predicted molar refractivity (Wildman–Crippen MR) is 154 cm³/mol. The minimum Gasteiger partial charge on any atom is -0.492 e. The second kappa shape index (κ2) is 13.9. The number of aliphatic hydroxyl groups is 5. The molecule has 2 saturated carbocycles. The molecule has 43 heavy (non-hydrogen) atoms. The zero-order chi connectivity index (χ0) is 31.7. The maximum Gasteiger partial charge on any atom is 0.253 e. The molecule has 4 rings (SSSR count). The standard InChI is InChI=1S/C27H51N7O9/c1-26(39)11-41-24(20(37)23(26)32-2)43-22-16(34-25(38)27(40)8-17(27)31)7-14(30)18(19(22)36)21-15(4-3-13(9-29)42-21)33-10-12(35)5-6-28/h3,12,14-24,32-33,35-37,39-40H,4-11,28-31H2,1-2H3,(H,34,38). The van der Waals surface area contributed by atoms with Crippen LogP contribution in [0.3, 0.4) is 0 Å². The van der Waals surface area contributed by atoms with Crippen LogP contribution < -0.4 is 38.9 Å². The van der Waals surface area contributed by atoms with Gasteiger partial charge < -0.3 is 78.6 Å². The van der Waals surface area contributed by atoms with Gasteiger partial charge in [-0.3, -0.25) is 4.79 Å². The van der Waals surface area contributed by atoms with Crippen molar-refractivity contribution in [2.75, 3.05) is 33.3 Å². The summed E-state index contributed by atoms with van der Waals surface area (Å²) in [6, 6.07) is -3.53. The molecule has 14 atom stereocenters. The first-order chi connectivity index (χ1) is 20.3. The van der Waals surface area contributed by atoms with Gasteiger partial charge in [0.2, 0.25) is 0 Å². The minimum atomic E-state index is -1.74. The molecule has 0 aromatic heterocycles. The summed E-state index contributed by atoms with van der Waals surface area (Å²) < 4.78 is 18.2. The average molecular weight is 618 g/mol. The van der Waals surface area contributed by atoms with E-state index in [1.165, 1.54) is 6.92 Å². The maximum atomic E-state index is 13.0. The summed E-state index contributed by atoms with van der Waals surface area (Å²) in [5.74, 6) is -0.950. The highest BCUT2D eigenvalue weighted by atomic mass is 16.7. The highest BCUT2D eigenvalue weighted by molar-refractivity contribution is 5.89. The van der Waals surface area contributed by atoms with Crippen molar-refractivity contribution in [2.24, 2.45) is 28.9 Å². The summed E-state index contributed by atoms with van der Waals surface area (Å²) in [5.41, 5.74) is 20.8. The molecule has 3 fully saturated rings. The number of amides is 1. The van der Waals surface area contributed by atoms with E-state index in [1.807, 2.05) is 6.08 Å². The number of nitrogens with two attached hydrogens (primary N) is 4. The van der Waals surface area contributed by atoms with Crippen molar-refractivity contribution in [2.45, 2.75) is 111 Å². The molecule has 2 aliphatic carbocycles. The van der Waals surface area contributed by atoms with Gasteiger partial charge in [-0.1, -0.05) is 0 Å². The summed E-state index contributed by atoms with van der Waals surface area (Å²) in [5, 5.41) is 63.4. The second-order valence-corrected chi connectivity index (χ2v) is 12.6. The van der Waals surface area contributed by atoms with Gasteiger partial charge in [-0.15, -0.1) is 0 Å². The normalized spacial score (nSPS) is 45.6. The number of rotatable bonds is 12. The van der Waals surface area contributed by atoms with Crippen molar-refractivity contribution < 1.29 is 44.5 Å². The Bertz CT molecular complexity index is 992. The van der Waals surface area contributed by atoms with E-state index in [0.717, 1.165) is 0 Å². The number of aliphatic hydroxyl groups excluding tert-OH is 3. The lowest BCUT2D eigenvalue weighted by molar-refractivity contribution is -0.297. The number of ether oxygens (including phenoxy) is 3. The molecule has 0 bridgehead atoms. The van der Waals surface area contributed by atoms with Crippen LogP contribution in [0, 0.1) is 5.92 Å². The molecule has 1 amide bonds. The number of carbonyl (C=O) groups is 1. The summed E-state index contributed by atoms with van der Waals surface area (Å²) in [7, 11) is 1.58. The summed E-state index contributed by atoms with van der Waals surface area (Å²) >= 11 is 0. The highest BCUT2D eigenvalue weighted by Crippen LogP contribution is 2.38. The molecule has 1 saturated heterocycles. The maximum absolute atomic E-state index is 13.0. The van der Waals surface area contributed by atoms with Crippen LogP contribution in [-0.4, -0.2) is 143 Å². The van der Waals surface area contributed by atoms with E-state index in [-0.39, 0.29) is 38.6 Å². The van der Waals surface area contributed by atoms with Gasteiger partial charge in [0.1, 0.15) is 29.7 Å². The number of hydrogen-bond acceptors (Lipinski definition) is 15. The monoisotopic (exact) mass is 617 g/mol. The third kappa shape index (κ3) is 7.33. The third-order valence-corrected chi connectivity index (χ3v) is 9.25. The van der Waals surface area contributed by atoms with Crippen LogP contribution in [0.5, 0.6) is 0 Å². The van der Waals surface area contributed by atoms with E-state index in [4.69, 9.17) is 37.1 Å². The highest BCUT2D eigenvalue weighted by Gasteiger charge is 2.59. The molecule has 14 unspecified atom stereocenters. The second-order valence-electron chi connectivity index (χ2n) is 12.6. The molecule has 2 aliphatic heterocycles. The van der Waals surface area contributed by atoms with Crippen LogP contribution in [0.25, 0.3) is 0 Å². The largest absolute Gasteiger partial charge is 0.492 e. The molecular weight excluding hydrogens is 566 g/mol. The fourth-order valence-electron chi connectivity index (χ4n) is 6.56. The third-order valence-electron chi connectivity index (χ3n) is 9.25. The van der Waals surface area contributed by atoms with Crippen molar-refractivity contribution in [1.29, 1.82) is 0 Å². The zero-order valence-corrected chi connectivity index (χ0v) is 24.8. The summed E-state index contributed by atoms with van der Waals surface area (Å²) in [6.07, 6.45) is -3.62. The number of nitrogens with one attached hydrogen (secondary N) is 3. The molecule has 16 heteroatoms. The van der Waals surface area contributed by atoms with Crippen LogP contribution in [0.2, 0.25) is 0 Å². The van der Waals surface area contributed by atoms with E-state index in [2.05, 4.69) is 16.0 Å². The Morgan fingerprint density at radius 1 is 1.21 bits per heavy atom. The summed E-state index contributed by atoms with van der Waals surface area (Å²) in [4.78, 5) is 13.0. The molecule has 0 radical (unpaired) electrons. The Morgan fingerprint density at radius 3 is 2.51 bits per heavy atom. The van der Waals surface area contributed by atoms with Gasteiger partial charge in [-0.2, -0.15) is 0 Å². The zero-order valence-electron chi connectivity index (χ0n) is 24.8. The molecule has 0 aromatic rings. The van der Waals surface area contributed by atoms with Crippen LogP contribution in [0.15, 0.2) is 11.8 Å². The van der Waals surface area contributed by atoms with Crippen LogP contribution in [0.4, 0.5) is 0 Å². The van der Waals surface area contributed by atoms with Crippen LogP contribution >= 0.6 is 0 Å². The van der Waals surface area contributed by atoms with Crippen molar-refractivity contribution in [3.05, 3.63) is 11.8 Å². The average Bonchev–Trinajstić information content (AvgIpc) is 3.58. The Kier molecular flexibility index (Phi) is 11.1. The fraction of sp³-hybridized carbons (Fsp3) is 0.889. The predicted octanol–water partition coefficient (Wildman–Crippen LogP) is -5.62. The lowest BCUT2D eigenvalue weighted by atomic mass is 9.72. The van der Waals surface area contributed by atoms with E-state index in [9.17, 15) is 30.3 Å². The molecule has 0 spiro atoms. The van der Waals surface area contributed by atoms with Gasteiger partial charge in [-0.05, 0) is 45.9 Å². The smallest absolute Gasteiger partial charge is 0.253 e. The molecule has 16 N–H and O–H groups in total. The van der Waals surface area contributed by atoms with Crippen molar-refractivity contribution in [1.82, 2.24) is 16.0 Å². The van der Waals surface area contributed by atoms with Crippen molar-refractivity contribution in [3.63, 3.8) is 0 Å². The summed E-state index contributed by atoms with van der Waals surface area (Å²) in [6.45, 7) is 2.02. The van der Waals surface area contributed by atoms with Gasteiger partial charge in [0.15, 0.2) is 11.9 Å². The van der Waals surface area contributed by atoms with Gasteiger partial charge in [0, 0.05) is 37.0 Å². The quantitative estimate of drug-likeness (QED) is 0.0972. The Hall–Kier alpha value is -1.51. The van der Waals surface area contributed by atoms with Gasteiger partial charge >= 0.3 is 0 Å². The SMILES string of the molecule is CNC1C(O)C(OC2C(NC(=O)C3(O)CC3N)CC(N)C(C3OC(CN)=CCC3NCC(O)CCN)C2O)OCC1(C)O. The fourth-order valence-corrected chi connectivity index (χ4v) is 6.56. The molecule has 2 heterocycles. The van der Waals surface area contributed by atoms with Gasteiger partial charge in [0.25, 0.3) is 5.91 Å². The van der Waals surface area contributed by atoms with Gasteiger partial charge in [-0.25, -0.2) is 0 Å². The van der Waals surface area contributed by atoms with E-state index < -0.39 is 84.0 Å². The van der Waals surface area contributed by atoms with Crippen molar-refractivity contribution in [3.8, 4) is 0 Å². The molecule has 4 aliphatic rings. The molecule has 16 nitrogen and oxygen atoms in total. The van der Waals surface area contributed by atoms with E-state index in [1.54, 1.807) is 7.05 Å². The molecule has 248 valence electrons. The van der Waals surface area contributed by atoms with E-state index >= 15 is 0 Å². The first-order valence-corrected chi connectivity index (χ1v) is 15.0. The Balaban J connectivity index is 1.60. The lowest BCUT2D eigenvalue weighted by Gasteiger charge is -2.51. The first kappa shape index (κ1) is 34.4. The number of hydrogen-bond donors (Lipinski definition) is 12. The van der Waals surface area contributed by atoms with Gasteiger partial charge in [0.05, 0.1) is 37.4 Å². The minimum absolute atomic E-state index is 0.0885. The number of likely N-dealkylation sites (N-methyl/N-ethyl adjacent to an activating group) is 1.